The molecule has 1 aliphatic heterocycles. The second-order valence-electron chi connectivity index (χ2n) is 10.2. The minimum atomic E-state index is -0.621. The number of ketones is 1. The third-order valence-electron chi connectivity index (χ3n) is 5.60. The Hall–Kier alpha value is -3.08. The number of phenols is 1. The van der Waals surface area contributed by atoms with E-state index in [1.165, 1.54) is 6.92 Å². The number of urea groups is 1. The zero-order valence-corrected chi connectivity index (χ0v) is 19.4. The van der Waals surface area contributed by atoms with Crippen molar-refractivity contribution in [1.82, 2.24) is 10.6 Å². The van der Waals surface area contributed by atoms with Crippen LogP contribution in [0.25, 0.3) is 5.70 Å². The predicted octanol–water partition coefficient (Wildman–Crippen LogP) is 5.34. The Kier molecular flexibility index (Phi) is 5.74. The van der Waals surface area contributed by atoms with Gasteiger partial charge in [-0.1, -0.05) is 71.9 Å². The van der Waals surface area contributed by atoms with E-state index in [1.807, 2.05) is 84.0 Å². The van der Waals surface area contributed by atoms with E-state index in [1.54, 1.807) is 0 Å². The Bertz CT molecular complexity index is 1020. The van der Waals surface area contributed by atoms with Crippen LogP contribution in [-0.4, -0.2) is 16.9 Å². The van der Waals surface area contributed by atoms with E-state index in [-0.39, 0.29) is 28.4 Å². The van der Waals surface area contributed by atoms with E-state index in [0.717, 1.165) is 22.3 Å². The van der Waals surface area contributed by atoms with Crippen LogP contribution in [0.3, 0.4) is 0 Å². The van der Waals surface area contributed by atoms with Crippen molar-refractivity contribution < 1.29 is 14.7 Å². The maximum Gasteiger partial charge on any atom is 0.320 e. The van der Waals surface area contributed by atoms with E-state index in [2.05, 4.69) is 10.6 Å². The minimum Gasteiger partial charge on any atom is -0.507 e. The lowest BCUT2D eigenvalue weighted by Crippen LogP contribution is -2.45. The van der Waals surface area contributed by atoms with Crippen molar-refractivity contribution in [2.45, 2.75) is 65.3 Å². The topological polar surface area (TPSA) is 78.4 Å². The molecule has 5 nitrogen and oxygen atoms in total. The summed E-state index contributed by atoms with van der Waals surface area (Å²) >= 11 is 0. The predicted molar refractivity (Wildman–Crippen MR) is 124 cm³/mol. The van der Waals surface area contributed by atoms with Crippen LogP contribution in [0.5, 0.6) is 5.75 Å². The number of amides is 2. The highest BCUT2D eigenvalue weighted by Gasteiger charge is 2.34. The molecule has 0 unspecified atom stereocenters. The molecule has 0 aliphatic carbocycles. The van der Waals surface area contributed by atoms with Gasteiger partial charge >= 0.3 is 6.03 Å². The average Bonchev–Trinajstić information content (AvgIpc) is 2.66. The molecule has 0 radical (unpaired) electrons. The van der Waals surface area contributed by atoms with Crippen molar-refractivity contribution in [3.05, 3.63) is 70.3 Å². The van der Waals surface area contributed by atoms with E-state index in [0.29, 0.717) is 11.3 Å². The summed E-state index contributed by atoms with van der Waals surface area (Å²) in [5.74, 6) is 0.139. The molecule has 0 fully saturated rings. The summed E-state index contributed by atoms with van der Waals surface area (Å²) in [6.07, 6.45) is 0. The van der Waals surface area contributed by atoms with Crippen LogP contribution in [0.1, 0.15) is 76.8 Å². The van der Waals surface area contributed by atoms with Gasteiger partial charge in [0.15, 0.2) is 5.78 Å². The highest BCUT2D eigenvalue weighted by atomic mass is 16.3. The Morgan fingerprint density at radius 3 is 1.90 bits per heavy atom. The maximum atomic E-state index is 12.8. The molecule has 0 spiro atoms. The molecule has 1 atom stereocenters. The second-order valence-corrected chi connectivity index (χ2v) is 10.2. The highest BCUT2D eigenvalue weighted by molar-refractivity contribution is 6.07. The molecular weight excluding hydrogens is 388 g/mol. The van der Waals surface area contributed by atoms with Crippen LogP contribution in [0.4, 0.5) is 4.79 Å². The second kappa shape index (κ2) is 7.88. The van der Waals surface area contributed by atoms with Crippen molar-refractivity contribution in [3.8, 4) is 5.75 Å². The molecule has 0 aromatic heterocycles. The lowest BCUT2D eigenvalue weighted by molar-refractivity contribution is -0.113. The minimum absolute atomic E-state index is 0.126. The van der Waals surface area contributed by atoms with Gasteiger partial charge < -0.3 is 15.7 Å². The summed E-state index contributed by atoms with van der Waals surface area (Å²) in [5, 5.41) is 16.8. The first-order valence-electron chi connectivity index (χ1n) is 10.6. The fraction of sp³-hybridized carbons (Fsp3) is 0.385. The van der Waals surface area contributed by atoms with Gasteiger partial charge in [-0.3, -0.25) is 4.79 Å². The number of Topliss-reactive ketones (excluding diaryl/α,β-unsaturated/α-hetero) is 1. The normalized spacial score (nSPS) is 17.3. The highest BCUT2D eigenvalue weighted by Crippen LogP contribution is 2.42. The Labute approximate surface area is 184 Å². The largest absolute Gasteiger partial charge is 0.507 e. The van der Waals surface area contributed by atoms with Gasteiger partial charge in [-0.25, -0.2) is 4.79 Å². The molecule has 5 heteroatoms. The molecule has 1 aliphatic rings. The molecule has 0 saturated heterocycles. The zero-order chi connectivity index (χ0) is 23.1. The number of benzene rings is 2. The molecule has 1 heterocycles. The summed E-state index contributed by atoms with van der Waals surface area (Å²) in [7, 11) is 0. The summed E-state index contributed by atoms with van der Waals surface area (Å²) in [6.45, 7) is 13.7. The van der Waals surface area contributed by atoms with Gasteiger partial charge in [-0.15, -0.1) is 0 Å². The fourth-order valence-electron chi connectivity index (χ4n) is 3.99. The van der Waals surface area contributed by atoms with Gasteiger partial charge in [-0.2, -0.15) is 0 Å². The third-order valence-corrected chi connectivity index (χ3v) is 5.60. The first kappa shape index (κ1) is 22.6. The number of hydrogen-bond acceptors (Lipinski definition) is 3. The Balaban J connectivity index is 2.32. The van der Waals surface area contributed by atoms with Gasteiger partial charge in [0.1, 0.15) is 5.75 Å². The molecular formula is C26H32N2O3. The monoisotopic (exact) mass is 420 g/mol. The SMILES string of the molecule is CC(=O)C1=C(c2ccccc2)NC(=O)N[C@H]1c1cc(C(C)(C)C)c(O)c(C(C)(C)C)c1. The van der Waals surface area contributed by atoms with Crippen LogP contribution in [0.2, 0.25) is 0 Å². The number of rotatable bonds is 3. The van der Waals surface area contributed by atoms with Crippen LogP contribution in [0, 0.1) is 0 Å². The smallest absolute Gasteiger partial charge is 0.320 e. The Morgan fingerprint density at radius 2 is 1.45 bits per heavy atom. The molecule has 3 N–H and O–H groups in total. The summed E-state index contributed by atoms with van der Waals surface area (Å²) in [6, 6.07) is 12.2. The van der Waals surface area contributed by atoms with Crippen molar-refractivity contribution >= 4 is 17.5 Å². The van der Waals surface area contributed by atoms with Gasteiger partial charge in [0.2, 0.25) is 0 Å². The molecule has 2 aromatic carbocycles. The molecule has 2 amide bonds. The van der Waals surface area contributed by atoms with Crippen LogP contribution in [0.15, 0.2) is 48.0 Å². The number of carbonyl (C=O) groups excluding carboxylic acids is 2. The van der Waals surface area contributed by atoms with Crippen molar-refractivity contribution in [1.29, 1.82) is 0 Å². The number of aromatic hydroxyl groups is 1. The quantitative estimate of drug-likeness (QED) is 0.627. The van der Waals surface area contributed by atoms with E-state index < -0.39 is 6.04 Å². The average molecular weight is 421 g/mol. The number of phenolic OH excluding ortho intramolecular Hbond substituents is 1. The lowest BCUT2D eigenvalue weighted by Gasteiger charge is -2.33. The van der Waals surface area contributed by atoms with Gasteiger partial charge in [0.25, 0.3) is 0 Å². The summed E-state index contributed by atoms with van der Waals surface area (Å²) in [5.41, 5.74) is 3.50. The molecule has 2 aromatic rings. The molecule has 3 rings (SSSR count). The van der Waals surface area contributed by atoms with E-state index in [4.69, 9.17) is 0 Å². The number of hydrogen-bond donors (Lipinski definition) is 3. The van der Waals surface area contributed by atoms with E-state index >= 15 is 0 Å². The first-order chi connectivity index (χ1) is 14.3. The van der Waals surface area contributed by atoms with Gasteiger partial charge in [0, 0.05) is 5.57 Å². The molecule has 164 valence electrons. The standard InChI is InChI=1S/C26H32N2O3/c1-15(29)20-21(16-11-9-8-10-12-16)27-24(31)28-22(20)17-13-18(25(2,3)4)23(30)19(14-17)26(5,6)7/h8-14,22,30H,1-7H3,(H2,27,28,31)/t22-/m0/s1. The van der Waals surface area contributed by atoms with Crippen LogP contribution < -0.4 is 10.6 Å². The third kappa shape index (κ3) is 4.50. The molecule has 31 heavy (non-hydrogen) atoms. The first-order valence-corrected chi connectivity index (χ1v) is 10.6. The molecule has 0 bridgehead atoms. The zero-order valence-electron chi connectivity index (χ0n) is 19.4. The summed E-state index contributed by atoms with van der Waals surface area (Å²) in [4.78, 5) is 25.4. The fourth-order valence-corrected chi connectivity index (χ4v) is 3.99. The van der Waals surface area contributed by atoms with Crippen molar-refractivity contribution in [2.75, 3.05) is 0 Å². The van der Waals surface area contributed by atoms with Gasteiger partial charge in [-0.05, 0) is 52.1 Å². The number of nitrogens with one attached hydrogen (secondary N) is 2. The number of carbonyl (C=O) groups is 2. The summed E-state index contributed by atoms with van der Waals surface area (Å²) < 4.78 is 0. The van der Waals surface area contributed by atoms with Crippen LogP contribution in [-0.2, 0) is 15.6 Å². The van der Waals surface area contributed by atoms with Crippen LogP contribution >= 0.6 is 0 Å². The maximum absolute atomic E-state index is 12.8. The van der Waals surface area contributed by atoms with Crippen molar-refractivity contribution in [2.24, 2.45) is 0 Å². The molecule has 0 saturated carbocycles. The lowest BCUT2D eigenvalue weighted by atomic mass is 9.76. The van der Waals surface area contributed by atoms with E-state index in [9.17, 15) is 14.7 Å². The van der Waals surface area contributed by atoms with Gasteiger partial charge in [0.05, 0.1) is 11.7 Å². The van der Waals surface area contributed by atoms with Crippen molar-refractivity contribution in [3.63, 3.8) is 0 Å². The Morgan fingerprint density at radius 1 is 0.935 bits per heavy atom.